The predicted molar refractivity (Wildman–Crippen MR) is 109 cm³/mol. The summed E-state index contributed by atoms with van der Waals surface area (Å²) in [6.07, 6.45) is 4.44. The van der Waals surface area contributed by atoms with Crippen LogP contribution in [0.25, 0.3) is 0 Å². The van der Waals surface area contributed by atoms with Gasteiger partial charge in [0.15, 0.2) is 0 Å². The quantitative estimate of drug-likeness (QED) is 0.763. The standard InChI is InChI=1S/C21H29N5O/c1-17-9-13-23-21(24-17)26-15-10-18(11-16-26)20(27)22-12-6-14-25(2)19-7-4-3-5-8-19/h3-5,7-9,13,18H,6,10-12,14-16H2,1-2H3,(H,22,27). The average molecular weight is 367 g/mol. The Balaban J connectivity index is 1.36. The van der Waals surface area contributed by atoms with Crippen molar-refractivity contribution in [3.63, 3.8) is 0 Å². The number of anilines is 2. The van der Waals surface area contributed by atoms with Crippen LogP contribution in [0.4, 0.5) is 11.6 Å². The third-order valence-electron chi connectivity index (χ3n) is 5.10. The zero-order chi connectivity index (χ0) is 19.1. The second kappa shape index (κ2) is 9.35. The lowest BCUT2D eigenvalue weighted by Gasteiger charge is -2.31. The van der Waals surface area contributed by atoms with E-state index in [1.54, 1.807) is 6.20 Å². The van der Waals surface area contributed by atoms with Gasteiger partial charge in [0.1, 0.15) is 0 Å². The van der Waals surface area contributed by atoms with Crippen LogP contribution in [0.1, 0.15) is 25.0 Å². The summed E-state index contributed by atoms with van der Waals surface area (Å²) in [7, 11) is 2.08. The van der Waals surface area contributed by atoms with Crippen molar-refractivity contribution < 1.29 is 4.79 Å². The Morgan fingerprint density at radius 3 is 2.67 bits per heavy atom. The molecule has 1 fully saturated rings. The highest BCUT2D eigenvalue weighted by atomic mass is 16.1. The molecule has 0 aliphatic carbocycles. The van der Waals surface area contributed by atoms with E-state index in [4.69, 9.17) is 0 Å². The lowest BCUT2D eigenvalue weighted by molar-refractivity contribution is -0.125. The number of benzene rings is 1. The molecule has 2 heterocycles. The number of aromatic nitrogens is 2. The molecule has 0 spiro atoms. The highest BCUT2D eigenvalue weighted by Gasteiger charge is 2.25. The number of nitrogens with one attached hydrogen (secondary N) is 1. The molecule has 1 aromatic heterocycles. The van der Waals surface area contributed by atoms with Crippen LogP contribution in [-0.2, 0) is 4.79 Å². The summed E-state index contributed by atoms with van der Waals surface area (Å²) in [5.41, 5.74) is 2.18. The van der Waals surface area contributed by atoms with E-state index in [1.165, 1.54) is 5.69 Å². The summed E-state index contributed by atoms with van der Waals surface area (Å²) in [5.74, 6) is 1.05. The van der Waals surface area contributed by atoms with Gasteiger partial charge in [0.25, 0.3) is 0 Å². The third-order valence-corrected chi connectivity index (χ3v) is 5.10. The first-order valence-corrected chi connectivity index (χ1v) is 9.72. The minimum absolute atomic E-state index is 0.0953. The number of piperidine rings is 1. The molecule has 6 nitrogen and oxygen atoms in total. The van der Waals surface area contributed by atoms with Gasteiger partial charge in [-0.25, -0.2) is 9.97 Å². The van der Waals surface area contributed by atoms with Crippen LogP contribution < -0.4 is 15.1 Å². The summed E-state index contributed by atoms with van der Waals surface area (Å²) in [6.45, 7) is 5.28. The first kappa shape index (κ1) is 19.1. The third kappa shape index (κ3) is 5.42. The first-order valence-electron chi connectivity index (χ1n) is 9.72. The number of para-hydroxylation sites is 1. The van der Waals surface area contributed by atoms with Gasteiger partial charge in [-0.15, -0.1) is 0 Å². The van der Waals surface area contributed by atoms with Gasteiger partial charge in [-0.05, 0) is 44.4 Å². The van der Waals surface area contributed by atoms with Gasteiger partial charge in [0.05, 0.1) is 0 Å². The van der Waals surface area contributed by atoms with Crippen LogP contribution in [0.3, 0.4) is 0 Å². The molecule has 2 aromatic rings. The summed E-state index contributed by atoms with van der Waals surface area (Å²) < 4.78 is 0. The summed E-state index contributed by atoms with van der Waals surface area (Å²) in [4.78, 5) is 25.6. The molecule has 0 bridgehead atoms. The lowest BCUT2D eigenvalue weighted by atomic mass is 9.96. The Labute approximate surface area is 161 Å². The number of carbonyl (C=O) groups is 1. The molecule has 0 atom stereocenters. The molecule has 1 aliphatic heterocycles. The van der Waals surface area contributed by atoms with E-state index >= 15 is 0 Å². The first-order chi connectivity index (χ1) is 13.1. The summed E-state index contributed by atoms with van der Waals surface area (Å²) >= 11 is 0. The number of hydrogen-bond donors (Lipinski definition) is 1. The molecular formula is C21H29N5O. The zero-order valence-electron chi connectivity index (χ0n) is 16.3. The van der Waals surface area contributed by atoms with E-state index in [1.807, 2.05) is 31.2 Å². The number of hydrogen-bond acceptors (Lipinski definition) is 5. The Morgan fingerprint density at radius 2 is 1.96 bits per heavy atom. The molecule has 0 unspecified atom stereocenters. The SMILES string of the molecule is Cc1ccnc(N2CCC(C(=O)NCCCN(C)c3ccccc3)CC2)n1. The molecule has 0 radical (unpaired) electrons. The molecule has 1 saturated heterocycles. The van der Waals surface area contributed by atoms with Gasteiger partial charge in [-0.3, -0.25) is 4.79 Å². The fraction of sp³-hybridized carbons (Fsp3) is 0.476. The van der Waals surface area contributed by atoms with E-state index in [9.17, 15) is 4.79 Å². The van der Waals surface area contributed by atoms with Crippen molar-refractivity contribution in [2.24, 2.45) is 5.92 Å². The van der Waals surface area contributed by atoms with E-state index in [-0.39, 0.29) is 11.8 Å². The summed E-state index contributed by atoms with van der Waals surface area (Å²) in [6, 6.07) is 12.2. The number of carbonyl (C=O) groups excluding carboxylic acids is 1. The van der Waals surface area contributed by atoms with Crippen LogP contribution in [0.2, 0.25) is 0 Å². The Hall–Kier alpha value is -2.63. The maximum atomic E-state index is 12.4. The van der Waals surface area contributed by atoms with Gasteiger partial charge < -0.3 is 15.1 Å². The predicted octanol–water partition coefficient (Wildman–Crippen LogP) is 2.64. The fourth-order valence-electron chi connectivity index (χ4n) is 3.41. The number of nitrogens with zero attached hydrogens (tertiary/aromatic N) is 4. The smallest absolute Gasteiger partial charge is 0.225 e. The zero-order valence-corrected chi connectivity index (χ0v) is 16.3. The average Bonchev–Trinajstić information content (AvgIpc) is 2.71. The van der Waals surface area contributed by atoms with Gasteiger partial charge in [0.2, 0.25) is 11.9 Å². The normalized spacial score (nSPS) is 14.8. The Kier molecular flexibility index (Phi) is 6.63. The molecule has 1 aliphatic rings. The molecule has 1 N–H and O–H groups in total. The molecule has 3 rings (SSSR count). The maximum absolute atomic E-state index is 12.4. The van der Waals surface area contributed by atoms with Crippen LogP contribution in [0, 0.1) is 12.8 Å². The van der Waals surface area contributed by atoms with E-state index in [2.05, 4.69) is 44.3 Å². The fourth-order valence-corrected chi connectivity index (χ4v) is 3.41. The highest BCUT2D eigenvalue weighted by molar-refractivity contribution is 5.78. The summed E-state index contributed by atoms with van der Waals surface area (Å²) in [5, 5.41) is 3.11. The molecule has 0 saturated carbocycles. The molecule has 27 heavy (non-hydrogen) atoms. The van der Waals surface area contributed by atoms with Crippen molar-refractivity contribution in [3.8, 4) is 0 Å². The highest BCUT2D eigenvalue weighted by Crippen LogP contribution is 2.20. The van der Waals surface area contributed by atoms with Gasteiger partial charge in [-0.1, -0.05) is 18.2 Å². The number of rotatable bonds is 7. The number of amides is 1. The molecule has 144 valence electrons. The number of aryl methyl sites for hydroxylation is 1. The van der Waals surface area contributed by atoms with Gasteiger partial charge in [0, 0.05) is 56.7 Å². The minimum Gasteiger partial charge on any atom is -0.375 e. The topological polar surface area (TPSA) is 61.4 Å². The van der Waals surface area contributed by atoms with Gasteiger partial charge in [-0.2, -0.15) is 0 Å². The monoisotopic (exact) mass is 367 g/mol. The molecule has 1 aromatic carbocycles. The molecular weight excluding hydrogens is 338 g/mol. The van der Waals surface area contributed by atoms with Crippen molar-refractivity contribution in [2.45, 2.75) is 26.2 Å². The molecule has 1 amide bonds. The van der Waals surface area contributed by atoms with Gasteiger partial charge >= 0.3 is 0 Å². The largest absolute Gasteiger partial charge is 0.375 e. The maximum Gasteiger partial charge on any atom is 0.225 e. The lowest BCUT2D eigenvalue weighted by Crippen LogP contribution is -2.41. The van der Waals surface area contributed by atoms with E-state index in [0.717, 1.165) is 57.1 Å². The van der Waals surface area contributed by atoms with Crippen LogP contribution in [0.5, 0.6) is 0 Å². The second-order valence-corrected chi connectivity index (χ2v) is 7.16. The van der Waals surface area contributed by atoms with Crippen molar-refractivity contribution in [1.82, 2.24) is 15.3 Å². The van der Waals surface area contributed by atoms with E-state index in [0.29, 0.717) is 0 Å². The van der Waals surface area contributed by atoms with Crippen LogP contribution in [0.15, 0.2) is 42.6 Å². The Bertz CT molecular complexity index is 728. The van der Waals surface area contributed by atoms with Crippen LogP contribution >= 0.6 is 0 Å². The molecule has 6 heteroatoms. The van der Waals surface area contributed by atoms with Crippen molar-refractivity contribution in [2.75, 3.05) is 43.0 Å². The van der Waals surface area contributed by atoms with Crippen molar-refractivity contribution in [3.05, 3.63) is 48.3 Å². The Morgan fingerprint density at radius 1 is 1.22 bits per heavy atom. The van der Waals surface area contributed by atoms with Crippen molar-refractivity contribution in [1.29, 1.82) is 0 Å². The van der Waals surface area contributed by atoms with E-state index < -0.39 is 0 Å². The van der Waals surface area contributed by atoms with Crippen LogP contribution in [-0.4, -0.2) is 49.1 Å². The van der Waals surface area contributed by atoms with Crippen molar-refractivity contribution >= 4 is 17.5 Å². The minimum atomic E-state index is 0.0953. The second-order valence-electron chi connectivity index (χ2n) is 7.16.